The van der Waals surface area contributed by atoms with E-state index in [1.165, 1.54) is 13.5 Å². The molecule has 116 valence electrons. The van der Waals surface area contributed by atoms with Crippen molar-refractivity contribution in [1.29, 1.82) is 0 Å². The molecule has 3 N–H and O–H groups in total. The summed E-state index contributed by atoms with van der Waals surface area (Å²) in [7, 11) is 1.49. The topological polar surface area (TPSA) is 70.2 Å². The molecule has 3 amide bonds. The van der Waals surface area contributed by atoms with Crippen molar-refractivity contribution in [2.24, 2.45) is 10.8 Å². The Balaban J connectivity index is 2.59. The highest BCUT2D eigenvalue weighted by Crippen LogP contribution is 2.45. The zero-order chi connectivity index (χ0) is 15.6. The summed E-state index contributed by atoms with van der Waals surface area (Å²) in [6.07, 6.45) is 3.29. The molecule has 20 heavy (non-hydrogen) atoms. The van der Waals surface area contributed by atoms with E-state index in [4.69, 9.17) is 0 Å². The Labute approximate surface area is 122 Å². The second-order valence-corrected chi connectivity index (χ2v) is 7.57. The van der Waals surface area contributed by atoms with Crippen LogP contribution in [0.3, 0.4) is 0 Å². The molecule has 1 fully saturated rings. The fourth-order valence-electron chi connectivity index (χ4n) is 3.68. The van der Waals surface area contributed by atoms with Gasteiger partial charge in [-0.15, -0.1) is 0 Å². The quantitative estimate of drug-likeness (QED) is 0.742. The maximum absolute atomic E-state index is 11.9. The van der Waals surface area contributed by atoms with Crippen LogP contribution >= 0.6 is 0 Å². The summed E-state index contributed by atoms with van der Waals surface area (Å²) in [5, 5.41) is 8.06. The molecule has 0 aromatic carbocycles. The first-order valence-corrected chi connectivity index (χ1v) is 7.33. The maximum Gasteiger partial charge on any atom is 0.321 e. The number of amides is 3. The van der Waals surface area contributed by atoms with Crippen molar-refractivity contribution in [2.45, 2.75) is 66.0 Å². The Morgan fingerprint density at radius 1 is 1.10 bits per heavy atom. The van der Waals surface area contributed by atoms with Crippen LogP contribution in [0, 0.1) is 10.8 Å². The van der Waals surface area contributed by atoms with Crippen LogP contribution < -0.4 is 16.0 Å². The number of hydrogen-bond acceptors (Lipinski definition) is 3. The molecule has 0 spiro atoms. The second-order valence-electron chi connectivity index (χ2n) is 7.57. The lowest BCUT2D eigenvalue weighted by atomic mass is 9.63. The first-order valence-electron chi connectivity index (χ1n) is 7.33. The van der Waals surface area contributed by atoms with Gasteiger partial charge in [0.1, 0.15) is 0 Å². The first kappa shape index (κ1) is 17.0. The predicted molar refractivity (Wildman–Crippen MR) is 80.4 cm³/mol. The average Bonchev–Trinajstić information content (AvgIpc) is 2.23. The molecule has 0 radical (unpaired) electrons. The number of hydrogen-bond donors (Lipinski definition) is 3. The fraction of sp³-hybridized carbons (Fsp3) is 0.867. The van der Waals surface area contributed by atoms with Gasteiger partial charge in [-0.25, -0.2) is 4.79 Å². The molecule has 1 saturated carbocycles. The van der Waals surface area contributed by atoms with Crippen molar-refractivity contribution in [3.63, 3.8) is 0 Å². The Bertz CT molecular complexity index is 361. The molecule has 5 nitrogen and oxygen atoms in total. The zero-order valence-electron chi connectivity index (χ0n) is 13.6. The molecule has 0 aromatic rings. The Hall–Kier alpha value is -1.10. The number of urea groups is 1. The van der Waals surface area contributed by atoms with Gasteiger partial charge < -0.3 is 10.6 Å². The highest BCUT2D eigenvalue weighted by molar-refractivity contribution is 5.96. The minimum Gasteiger partial charge on any atom is -0.341 e. The summed E-state index contributed by atoms with van der Waals surface area (Å²) < 4.78 is 0. The van der Waals surface area contributed by atoms with E-state index in [1.54, 1.807) is 6.92 Å². The van der Waals surface area contributed by atoms with Crippen LogP contribution in [0.15, 0.2) is 0 Å². The van der Waals surface area contributed by atoms with Gasteiger partial charge in [0.05, 0.1) is 6.04 Å². The van der Waals surface area contributed by atoms with Crippen LogP contribution in [-0.4, -0.2) is 31.1 Å². The van der Waals surface area contributed by atoms with Crippen molar-refractivity contribution in [1.82, 2.24) is 16.0 Å². The van der Waals surface area contributed by atoms with Crippen LogP contribution in [0.2, 0.25) is 0 Å². The van der Waals surface area contributed by atoms with Crippen molar-refractivity contribution in [3.05, 3.63) is 0 Å². The van der Waals surface area contributed by atoms with Gasteiger partial charge in [0.15, 0.2) is 0 Å². The summed E-state index contributed by atoms with van der Waals surface area (Å²) in [6.45, 7) is 10.9. The highest BCUT2D eigenvalue weighted by Gasteiger charge is 2.39. The van der Waals surface area contributed by atoms with Crippen LogP contribution in [0.5, 0.6) is 0 Å². The molecule has 0 saturated heterocycles. The summed E-state index contributed by atoms with van der Waals surface area (Å²) in [5.74, 6) is -0.287. The second kappa shape index (κ2) is 6.12. The molecular weight excluding hydrogens is 254 g/mol. The number of nitrogens with one attached hydrogen (secondary N) is 3. The summed E-state index contributed by atoms with van der Waals surface area (Å²) in [4.78, 5) is 23.0. The van der Waals surface area contributed by atoms with E-state index >= 15 is 0 Å². The largest absolute Gasteiger partial charge is 0.341 e. The first-order chi connectivity index (χ1) is 9.04. The van der Waals surface area contributed by atoms with Gasteiger partial charge >= 0.3 is 6.03 Å². The highest BCUT2D eigenvalue weighted by atomic mass is 16.2. The molecule has 0 heterocycles. The van der Waals surface area contributed by atoms with E-state index in [1.807, 2.05) is 0 Å². The van der Waals surface area contributed by atoms with Crippen LogP contribution in [0.1, 0.15) is 53.9 Å². The zero-order valence-corrected chi connectivity index (χ0v) is 13.6. The van der Waals surface area contributed by atoms with Crippen LogP contribution in [0.25, 0.3) is 0 Å². The van der Waals surface area contributed by atoms with Gasteiger partial charge in [0.2, 0.25) is 5.91 Å². The summed E-state index contributed by atoms with van der Waals surface area (Å²) in [5.41, 5.74) is 0.548. The van der Waals surface area contributed by atoms with E-state index in [-0.39, 0.29) is 22.8 Å². The van der Waals surface area contributed by atoms with Crippen LogP contribution in [-0.2, 0) is 4.79 Å². The molecule has 1 rings (SSSR count). The molecule has 1 unspecified atom stereocenters. The molecular formula is C15H29N3O2. The Kier molecular flexibility index (Phi) is 5.19. The third-order valence-corrected chi connectivity index (χ3v) is 3.90. The smallest absolute Gasteiger partial charge is 0.321 e. The lowest BCUT2D eigenvalue weighted by Gasteiger charge is -2.45. The molecule has 5 heteroatoms. The maximum atomic E-state index is 11.9. The minimum atomic E-state index is -0.465. The third kappa shape index (κ3) is 5.12. The van der Waals surface area contributed by atoms with Crippen LogP contribution in [0.4, 0.5) is 4.79 Å². The Morgan fingerprint density at radius 3 is 2.05 bits per heavy atom. The standard InChI is InChI=1S/C15H29N3O2/c1-10(12(19)18-13(20)16-6)17-11-7-14(2,3)9-15(4,5)8-11/h10-11,17H,7-9H2,1-6H3,(H2,16,18,19,20). The molecule has 0 bridgehead atoms. The third-order valence-electron chi connectivity index (χ3n) is 3.90. The van der Waals surface area contributed by atoms with Gasteiger partial charge in [-0.1, -0.05) is 27.7 Å². The van der Waals surface area contributed by atoms with E-state index in [9.17, 15) is 9.59 Å². The normalized spacial score (nSPS) is 22.9. The number of rotatable bonds is 3. The minimum absolute atomic E-state index is 0.274. The molecule has 0 aromatic heterocycles. The molecule has 0 aliphatic heterocycles. The van der Waals surface area contributed by atoms with Gasteiger partial charge in [0.25, 0.3) is 0 Å². The van der Waals surface area contributed by atoms with Gasteiger partial charge in [-0.3, -0.25) is 10.1 Å². The molecule has 1 aliphatic rings. The fourth-order valence-corrected chi connectivity index (χ4v) is 3.68. The van der Waals surface area contributed by atoms with E-state index in [0.29, 0.717) is 6.04 Å². The molecule has 1 atom stereocenters. The number of carbonyl (C=O) groups excluding carboxylic acids is 2. The van der Waals surface area contributed by atoms with Crippen molar-refractivity contribution < 1.29 is 9.59 Å². The Morgan fingerprint density at radius 2 is 1.60 bits per heavy atom. The van der Waals surface area contributed by atoms with Gasteiger partial charge in [-0.05, 0) is 37.0 Å². The lowest BCUT2D eigenvalue weighted by molar-refractivity contribution is -0.122. The van der Waals surface area contributed by atoms with Crippen molar-refractivity contribution in [3.8, 4) is 0 Å². The SMILES string of the molecule is CNC(=O)NC(=O)C(C)NC1CC(C)(C)CC(C)(C)C1. The lowest BCUT2D eigenvalue weighted by Crippen LogP contribution is -2.53. The van der Waals surface area contributed by atoms with E-state index in [0.717, 1.165) is 12.8 Å². The average molecular weight is 283 g/mol. The number of imide groups is 1. The van der Waals surface area contributed by atoms with Gasteiger partial charge in [-0.2, -0.15) is 0 Å². The predicted octanol–water partition coefficient (Wildman–Crippen LogP) is 2.02. The van der Waals surface area contributed by atoms with Gasteiger partial charge in [0, 0.05) is 13.1 Å². The molecule has 1 aliphatic carbocycles. The van der Waals surface area contributed by atoms with E-state index < -0.39 is 6.03 Å². The summed E-state index contributed by atoms with van der Waals surface area (Å²) in [6, 6.07) is -0.533. The summed E-state index contributed by atoms with van der Waals surface area (Å²) >= 11 is 0. The number of carbonyl (C=O) groups is 2. The van der Waals surface area contributed by atoms with Crippen molar-refractivity contribution >= 4 is 11.9 Å². The van der Waals surface area contributed by atoms with E-state index in [2.05, 4.69) is 43.6 Å². The van der Waals surface area contributed by atoms with Crippen molar-refractivity contribution in [2.75, 3.05) is 7.05 Å². The monoisotopic (exact) mass is 283 g/mol.